The number of urea groups is 1. The van der Waals surface area contributed by atoms with E-state index >= 15 is 0 Å². The molecule has 0 saturated heterocycles. The Bertz CT molecular complexity index is 857. The summed E-state index contributed by atoms with van der Waals surface area (Å²) in [5.41, 5.74) is 0.646. The van der Waals surface area contributed by atoms with Gasteiger partial charge in [-0.3, -0.25) is 0 Å². The smallest absolute Gasteiger partial charge is 0.317 e. The van der Waals surface area contributed by atoms with Crippen LogP contribution in [0.3, 0.4) is 0 Å². The van der Waals surface area contributed by atoms with E-state index in [1.165, 1.54) is 6.07 Å². The van der Waals surface area contributed by atoms with Gasteiger partial charge >= 0.3 is 6.03 Å². The molecule has 0 fully saturated rings. The minimum Gasteiger partial charge on any atom is -0.508 e. The third-order valence-corrected chi connectivity index (χ3v) is 4.97. The van der Waals surface area contributed by atoms with Crippen molar-refractivity contribution < 1.29 is 19.0 Å². The number of halogens is 2. The van der Waals surface area contributed by atoms with Crippen molar-refractivity contribution in [2.24, 2.45) is 0 Å². The van der Waals surface area contributed by atoms with Crippen LogP contribution in [0.15, 0.2) is 36.4 Å². The molecule has 2 amide bonds. The predicted octanol–water partition coefficient (Wildman–Crippen LogP) is 4.07. The molecular formula is C20H22ClFN2O3. The summed E-state index contributed by atoms with van der Waals surface area (Å²) < 4.78 is 19.9. The molecule has 2 aromatic carbocycles. The topological polar surface area (TPSA) is 61.8 Å². The molecule has 0 radical (unpaired) electrons. The zero-order chi connectivity index (χ0) is 19.6. The molecule has 0 aliphatic carbocycles. The van der Waals surface area contributed by atoms with Crippen LogP contribution in [0.5, 0.6) is 11.5 Å². The van der Waals surface area contributed by atoms with Crippen LogP contribution in [0.25, 0.3) is 0 Å². The van der Waals surface area contributed by atoms with Crippen LogP contribution in [-0.4, -0.2) is 35.7 Å². The largest absolute Gasteiger partial charge is 0.508 e. The van der Waals surface area contributed by atoms with E-state index in [-0.39, 0.29) is 23.3 Å². The van der Waals surface area contributed by atoms with Crippen molar-refractivity contribution in [1.29, 1.82) is 0 Å². The molecule has 0 atom stereocenters. The fourth-order valence-electron chi connectivity index (χ4n) is 3.06. The lowest BCUT2D eigenvalue weighted by Crippen LogP contribution is -2.45. The zero-order valence-corrected chi connectivity index (χ0v) is 16.0. The van der Waals surface area contributed by atoms with Crippen LogP contribution in [0, 0.1) is 5.82 Å². The van der Waals surface area contributed by atoms with E-state index in [1.807, 2.05) is 13.8 Å². The molecule has 5 nitrogen and oxygen atoms in total. The van der Waals surface area contributed by atoms with Gasteiger partial charge in [-0.25, -0.2) is 9.18 Å². The lowest BCUT2D eigenvalue weighted by atomic mass is 9.84. The Hall–Kier alpha value is -2.47. The zero-order valence-electron chi connectivity index (χ0n) is 15.3. The molecule has 0 saturated carbocycles. The van der Waals surface area contributed by atoms with Crippen LogP contribution < -0.4 is 10.1 Å². The molecule has 0 spiro atoms. The number of phenols is 1. The van der Waals surface area contributed by atoms with Crippen molar-refractivity contribution in [2.75, 3.05) is 19.7 Å². The van der Waals surface area contributed by atoms with Gasteiger partial charge in [-0.1, -0.05) is 37.6 Å². The second kappa shape index (κ2) is 7.64. The Morgan fingerprint density at radius 1 is 1.37 bits per heavy atom. The molecule has 144 valence electrons. The van der Waals surface area contributed by atoms with Gasteiger partial charge in [0.25, 0.3) is 0 Å². The van der Waals surface area contributed by atoms with Crippen molar-refractivity contribution in [3.05, 3.63) is 58.4 Å². The van der Waals surface area contributed by atoms with E-state index in [9.17, 15) is 14.3 Å². The quantitative estimate of drug-likeness (QED) is 0.827. The van der Waals surface area contributed by atoms with Gasteiger partial charge < -0.3 is 20.1 Å². The van der Waals surface area contributed by atoms with Crippen molar-refractivity contribution in [1.82, 2.24) is 10.2 Å². The van der Waals surface area contributed by atoms with Crippen LogP contribution in [0.4, 0.5) is 9.18 Å². The average Bonchev–Trinajstić information content (AvgIpc) is 2.84. The molecule has 1 aliphatic heterocycles. The molecule has 27 heavy (non-hydrogen) atoms. The van der Waals surface area contributed by atoms with Gasteiger partial charge in [0, 0.05) is 23.6 Å². The van der Waals surface area contributed by atoms with Gasteiger partial charge in [-0.05, 0) is 23.8 Å². The summed E-state index contributed by atoms with van der Waals surface area (Å²) >= 11 is 5.88. The van der Waals surface area contributed by atoms with Gasteiger partial charge in [0.05, 0.1) is 18.1 Å². The molecule has 2 aromatic rings. The monoisotopic (exact) mass is 392 g/mol. The third kappa shape index (κ3) is 4.27. The van der Waals surface area contributed by atoms with Gasteiger partial charge in [0.1, 0.15) is 23.9 Å². The van der Waals surface area contributed by atoms with Crippen LogP contribution in [0.1, 0.15) is 25.0 Å². The number of carbonyl (C=O) groups is 1. The first-order valence-electron chi connectivity index (χ1n) is 8.70. The molecule has 0 aromatic heterocycles. The van der Waals surface area contributed by atoms with Gasteiger partial charge in [0.15, 0.2) is 0 Å². The molecule has 7 heteroatoms. The molecule has 0 unspecified atom stereocenters. The van der Waals surface area contributed by atoms with E-state index in [0.717, 1.165) is 5.56 Å². The van der Waals surface area contributed by atoms with E-state index in [0.29, 0.717) is 31.0 Å². The number of ether oxygens (including phenoxy) is 1. The van der Waals surface area contributed by atoms with Gasteiger partial charge in [0.2, 0.25) is 0 Å². The normalized spacial score (nSPS) is 14.1. The summed E-state index contributed by atoms with van der Waals surface area (Å²) in [5, 5.41) is 12.5. The highest BCUT2D eigenvalue weighted by atomic mass is 35.5. The van der Waals surface area contributed by atoms with E-state index in [2.05, 4.69) is 5.32 Å². The molecule has 1 aliphatic rings. The number of amides is 2. The lowest BCUT2D eigenvalue weighted by Gasteiger charge is -2.28. The molecule has 0 bridgehead atoms. The van der Waals surface area contributed by atoms with E-state index < -0.39 is 11.2 Å². The first-order valence-corrected chi connectivity index (χ1v) is 9.08. The van der Waals surface area contributed by atoms with Crippen molar-refractivity contribution in [3.8, 4) is 11.5 Å². The maximum absolute atomic E-state index is 14.3. The maximum Gasteiger partial charge on any atom is 0.317 e. The second-order valence-electron chi connectivity index (χ2n) is 7.21. The molecule has 3 rings (SSSR count). The lowest BCUT2D eigenvalue weighted by molar-refractivity contribution is 0.185. The number of hydrogen-bond acceptors (Lipinski definition) is 3. The first-order chi connectivity index (χ1) is 12.8. The van der Waals surface area contributed by atoms with Crippen molar-refractivity contribution in [3.63, 3.8) is 0 Å². The Balaban J connectivity index is 1.68. The Labute approximate surface area is 162 Å². The van der Waals surface area contributed by atoms with Gasteiger partial charge in [-0.2, -0.15) is 0 Å². The number of rotatable bonds is 3. The molecule has 1 heterocycles. The second-order valence-corrected chi connectivity index (χ2v) is 7.61. The summed E-state index contributed by atoms with van der Waals surface area (Å²) in [4.78, 5) is 14.3. The van der Waals surface area contributed by atoms with Crippen molar-refractivity contribution in [2.45, 2.75) is 25.8 Å². The highest BCUT2D eigenvalue weighted by Gasteiger charge is 2.27. The van der Waals surface area contributed by atoms with Crippen LogP contribution >= 0.6 is 11.6 Å². The van der Waals surface area contributed by atoms with Gasteiger partial charge in [-0.15, -0.1) is 0 Å². The molecule has 2 N–H and O–H groups in total. The highest BCUT2D eigenvalue weighted by Crippen LogP contribution is 2.30. The average molecular weight is 393 g/mol. The number of nitrogens with zero attached hydrogens (tertiary/aromatic N) is 1. The number of hydrogen-bond donors (Lipinski definition) is 2. The summed E-state index contributed by atoms with van der Waals surface area (Å²) in [6.45, 7) is 5.07. The number of fused-ring (bicyclic) bond motifs is 1. The Morgan fingerprint density at radius 3 is 2.93 bits per heavy atom. The maximum atomic E-state index is 14.3. The highest BCUT2D eigenvalue weighted by molar-refractivity contribution is 6.30. The number of carbonyl (C=O) groups excluding carboxylic acids is 1. The van der Waals surface area contributed by atoms with E-state index in [1.54, 1.807) is 35.2 Å². The SMILES string of the molecule is CC(C)(CNC(=O)N1CCOc2cc(O)ccc2C1)c1cccc(Cl)c1F. The molecular weight excluding hydrogens is 371 g/mol. The summed E-state index contributed by atoms with van der Waals surface area (Å²) in [7, 11) is 0. The predicted molar refractivity (Wildman–Crippen MR) is 102 cm³/mol. The number of phenolic OH excluding ortho intramolecular Hbond substituents is 1. The number of benzene rings is 2. The summed E-state index contributed by atoms with van der Waals surface area (Å²) in [6.07, 6.45) is 0. The van der Waals surface area contributed by atoms with Crippen LogP contribution in [0.2, 0.25) is 5.02 Å². The third-order valence-electron chi connectivity index (χ3n) is 4.68. The van der Waals surface area contributed by atoms with Crippen LogP contribution in [-0.2, 0) is 12.0 Å². The standard InChI is InChI=1S/C20H22ClFN2O3/c1-20(2,15-4-3-5-16(21)18(15)22)12-23-19(26)24-8-9-27-17-10-14(25)7-6-13(17)11-24/h3-7,10,25H,8-9,11-12H2,1-2H3,(H,23,26). The Kier molecular flexibility index (Phi) is 5.46. The Morgan fingerprint density at radius 2 is 2.15 bits per heavy atom. The number of nitrogens with one attached hydrogen (secondary N) is 1. The summed E-state index contributed by atoms with van der Waals surface area (Å²) in [5.74, 6) is 0.235. The van der Waals surface area contributed by atoms with E-state index in [4.69, 9.17) is 16.3 Å². The minimum atomic E-state index is -0.628. The first kappa shape index (κ1) is 19.3. The minimum absolute atomic E-state index is 0.0661. The summed E-state index contributed by atoms with van der Waals surface area (Å²) in [6, 6.07) is 9.47. The fraction of sp³-hybridized carbons (Fsp3) is 0.350. The fourth-order valence-corrected chi connectivity index (χ4v) is 3.24. The number of aromatic hydroxyl groups is 1. The van der Waals surface area contributed by atoms with Crippen molar-refractivity contribution >= 4 is 17.6 Å².